The smallest absolute Gasteiger partial charge is 0.314 e. The van der Waals surface area contributed by atoms with E-state index in [1.807, 2.05) is 12.1 Å². The number of benzene rings is 3. The fourth-order valence-corrected chi connectivity index (χ4v) is 4.01. The van der Waals surface area contributed by atoms with Crippen LogP contribution in [0, 0.1) is 0 Å². The predicted octanol–water partition coefficient (Wildman–Crippen LogP) is 2.20. The van der Waals surface area contributed by atoms with Crippen LogP contribution in [0.1, 0.15) is 0 Å². The maximum atomic E-state index is 12.4. The molecule has 3 aromatic carbocycles. The molecule has 1 aliphatic rings. The Labute approximate surface area is 174 Å². The molecule has 1 saturated heterocycles. The van der Waals surface area contributed by atoms with Crippen molar-refractivity contribution in [3.63, 3.8) is 0 Å². The number of nitrogens with zero attached hydrogens (tertiary/aromatic N) is 5. The number of anilines is 1. The van der Waals surface area contributed by atoms with Crippen LogP contribution in [0.5, 0.6) is 0 Å². The zero-order chi connectivity index (χ0) is 20.3. The lowest BCUT2D eigenvalue weighted by atomic mass is 10.1. The summed E-state index contributed by atoms with van der Waals surface area (Å²) in [5.41, 5.74) is 1.59. The highest BCUT2D eigenvalue weighted by molar-refractivity contribution is 5.94. The molecule has 0 radical (unpaired) electrons. The van der Waals surface area contributed by atoms with Gasteiger partial charge in [0.15, 0.2) is 0 Å². The van der Waals surface area contributed by atoms with Crippen molar-refractivity contribution in [3.8, 4) is 0 Å². The normalized spacial score (nSPS) is 15.0. The number of aromatic nitrogens is 3. The fourth-order valence-electron chi connectivity index (χ4n) is 4.01. The Bertz CT molecular complexity index is 1230. The summed E-state index contributed by atoms with van der Waals surface area (Å²) in [4.78, 5) is 23.8. The molecule has 1 aromatic heterocycles. The third kappa shape index (κ3) is 3.59. The summed E-state index contributed by atoms with van der Waals surface area (Å²) in [6, 6.07) is 22.1. The molecule has 7 heteroatoms. The second-order valence-corrected chi connectivity index (χ2v) is 7.44. The summed E-state index contributed by atoms with van der Waals surface area (Å²) in [6.45, 7) is 4.95. The van der Waals surface area contributed by atoms with Gasteiger partial charge < -0.3 is 9.74 Å². The van der Waals surface area contributed by atoms with Crippen LogP contribution < -0.4 is 15.3 Å². The molecular weight excluding hydrogens is 378 g/mol. The molecule has 30 heavy (non-hydrogen) atoms. The molecule has 0 atom stereocenters. The van der Waals surface area contributed by atoms with Gasteiger partial charge >= 0.3 is 5.56 Å². The van der Waals surface area contributed by atoms with E-state index in [0.717, 1.165) is 37.6 Å². The van der Waals surface area contributed by atoms with Crippen molar-refractivity contribution in [2.45, 2.75) is 0 Å². The van der Waals surface area contributed by atoms with Gasteiger partial charge in [0.1, 0.15) is 12.1 Å². The number of hydrogen-bond donors (Lipinski definition) is 0. The van der Waals surface area contributed by atoms with Crippen molar-refractivity contribution in [1.82, 2.24) is 20.1 Å². The fraction of sp³-hybridized carbons (Fsp3) is 0.261. The average Bonchev–Trinajstić information content (AvgIpc) is 2.81. The third-order valence-corrected chi connectivity index (χ3v) is 5.64. The third-order valence-electron chi connectivity index (χ3n) is 5.64. The van der Waals surface area contributed by atoms with Gasteiger partial charge in [-0.05, 0) is 33.6 Å². The van der Waals surface area contributed by atoms with Gasteiger partial charge in [0.25, 0.3) is 0 Å². The van der Waals surface area contributed by atoms with Crippen LogP contribution in [0.3, 0.4) is 0 Å². The summed E-state index contributed by atoms with van der Waals surface area (Å²) >= 11 is 0. The molecule has 0 aliphatic carbocycles. The molecule has 1 aliphatic heterocycles. The minimum Gasteiger partial charge on any atom is -0.391 e. The molecule has 5 rings (SSSR count). The van der Waals surface area contributed by atoms with Crippen LogP contribution in [-0.2, 0) is 0 Å². The Morgan fingerprint density at radius 2 is 1.57 bits per heavy atom. The second kappa shape index (κ2) is 8.12. The van der Waals surface area contributed by atoms with Gasteiger partial charge in [-0.1, -0.05) is 48.5 Å². The van der Waals surface area contributed by atoms with Crippen molar-refractivity contribution < 1.29 is 4.84 Å². The lowest BCUT2D eigenvalue weighted by molar-refractivity contribution is 0.0493. The van der Waals surface area contributed by atoms with E-state index in [1.165, 1.54) is 16.5 Å². The van der Waals surface area contributed by atoms with Gasteiger partial charge in [0.2, 0.25) is 0 Å². The highest BCUT2D eigenvalue weighted by Gasteiger charge is 2.18. The van der Waals surface area contributed by atoms with E-state index in [9.17, 15) is 4.79 Å². The van der Waals surface area contributed by atoms with Gasteiger partial charge in [0, 0.05) is 43.8 Å². The van der Waals surface area contributed by atoms with E-state index in [2.05, 4.69) is 62.6 Å². The first-order valence-corrected chi connectivity index (χ1v) is 10.2. The molecule has 0 N–H and O–H groups in total. The summed E-state index contributed by atoms with van der Waals surface area (Å²) in [5, 5.41) is 11.0. The number of fused-ring (bicyclic) bond motifs is 2. The van der Waals surface area contributed by atoms with Crippen LogP contribution in [0.25, 0.3) is 21.7 Å². The van der Waals surface area contributed by atoms with Gasteiger partial charge in [-0.25, -0.2) is 0 Å². The quantitative estimate of drug-likeness (QED) is 0.511. The molecule has 152 valence electrons. The molecule has 2 heterocycles. The van der Waals surface area contributed by atoms with E-state index < -0.39 is 0 Å². The van der Waals surface area contributed by atoms with E-state index in [0.29, 0.717) is 17.5 Å². The molecule has 0 amide bonds. The zero-order valence-corrected chi connectivity index (χ0v) is 16.6. The number of piperazine rings is 1. The van der Waals surface area contributed by atoms with Crippen LogP contribution in [0.2, 0.25) is 0 Å². The standard InChI is InChI=1S/C23H23N5O2/c29-23-20-9-3-4-10-21(20)24-25-28(23)30-17-16-26-12-14-27(15-13-26)22-11-5-7-18-6-1-2-8-19(18)22/h1-11H,12-17H2. The first kappa shape index (κ1) is 18.6. The molecule has 0 spiro atoms. The van der Waals surface area contributed by atoms with Crippen LogP contribution in [0.4, 0.5) is 5.69 Å². The SMILES string of the molecule is O=c1c2ccccc2nnn1OCCN1CCN(c2cccc3ccccc23)CC1. The Hall–Kier alpha value is -3.45. The first-order valence-electron chi connectivity index (χ1n) is 10.2. The number of rotatable bonds is 5. The lowest BCUT2D eigenvalue weighted by Crippen LogP contribution is -2.48. The monoisotopic (exact) mass is 401 g/mol. The molecule has 0 bridgehead atoms. The predicted molar refractivity (Wildman–Crippen MR) is 118 cm³/mol. The summed E-state index contributed by atoms with van der Waals surface area (Å²) in [5.74, 6) is 0. The van der Waals surface area contributed by atoms with Crippen LogP contribution >= 0.6 is 0 Å². The van der Waals surface area contributed by atoms with E-state index in [-0.39, 0.29) is 5.56 Å². The van der Waals surface area contributed by atoms with Crippen molar-refractivity contribution in [3.05, 3.63) is 77.1 Å². The van der Waals surface area contributed by atoms with E-state index >= 15 is 0 Å². The maximum absolute atomic E-state index is 12.4. The Balaban J connectivity index is 1.18. The Morgan fingerprint density at radius 1 is 0.833 bits per heavy atom. The van der Waals surface area contributed by atoms with Gasteiger partial charge in [0.05, 0.1) is 5.39 Å². The summed E-state index contributed by atoms with van der Waals surface area (Å²) in [6.07, 6.45) is 0. The zero-order valence-electron chi connectivity index (χ0n) is 16.6. The van der Waals surface area contributed by atoms with Crippen molar-refractivity contribution in [2.75, 3.05) is 44.2 Å². The molecule has 0 saturated carbocycles. The molecular formula is C23H23N5O2. The molecule has 1 fully saturated rings. The van der Waals surface area contributed by atoms with Crippen molar-refractivity contribution >= 4 is 27.4 Å². The largest absolute Gasteiger partial charge is 0.391 e. The van der Waals surface area contributed by atoms with Crippen molar-refractivity contribution in [1.29, 1.82) is 0 Å². The topological polar surface area (TPSA) is 63.5 Å². The van der Waals surface area contributed by atoms with Gasteiger partial charge in [-0.3, -0.25) is 9.69 Å². The second-order valence-electron chi connectivity index (χ2n) is 7.44. The lowest BCUT2D eigenvalue weighted by Gasteiger charge is -2.36. The van der Waals surface area contributed by atoms with Crippen molar-refractivity contribution in [2.24, 2.45) is 0 Å². The minimum atomic E-state index is -0.277. The Morgan fingerprint density at radius 3 is 2.43 bits per heavy atom. The highest BCUT2D eigenvalue weighted by atomic mass is 16.7. The summed E-state index contributed by atoms with van der Waals surface area (Å²) in [7, 11) is 0. The maximum Gasteiger partial charge on any atom is 0.314 e. The van der Waals surface area contributed by atoms with Crippen LogP contribution in [0.15, 0.2) is 71.5 Å². The van der Waals surface area contributed by atoms with Gasteiger partial charge in [-0.15, -0.1) is 5.10 Å². The average molecular weight is 401 g/mol. The highest BCUT2D eigenvalue weighted by Crippen LogP contribution is 2.27. The molecule has 4 aromatic rings. The number of hydrogen-bond acceptors (Lipinski definition) is 6. The molecule has 7 nitrogen and oxygen atoms in total. The van der Waals surface area contributed by atoms with E-state index in [4.69, 9.17) is 4.84 Å². The van der Waals surface area contributed by atoms with Crippen LogP contribution in [-0.4, -0.2) is 59.4 Å². The first-order chi connectivity index (χ1) is 14.8. The Kier molecular flexibility index (Phi) is 5.03. The summed E-state index contributed by atoms with van der Waals surface area (Å²) < 4.78 is 0. The minimum absolute atomic E-state index is 0.277. The molecule has 0 unspecified atom stereocenters. The van der Waals surface area contributed by atoms with E-state index in [1.54, 1.807) is 12.1 Å². The van der Waals surface area contributed by atoms with Gasteiger partial charge in [-0.2, -0.15) is 0 Å².